The van der Waals surface area contributed by atoms with Crippen molar-refractivity contribution in [2.24, 2.45) is 0 Å². The second-order valence-electron chi connectivity index (χ2n) is 3.95. The van der Waals surface area contributed by atoms with Gasteiger partial charge in [0.25, 0.3) is 0 Å². The number of fused-ring (bicyclic) bond motifs is 1. The molecular formula is C13H10FN5S. The molecule has 1 aromatic carbocycles. The summed E-state index contributed by atoms with van der Waals surface area (Å²) in [5, 5.41) is 3.68. The van der Waals surface area contributed by atoms with Gasteiger partial charge in [0.1, 0.15) is 23.2 Å². The first-order valence-corrected chi connectivity index (χ1v) is 7.03. The molecule has 2 heterocycles. The Kier molecular flexibility index (Phi) is 3.42. The van der Waals surface area contributed by atoms with Crippen LogP contribution in [0.4, 0.5) is 15.9 Å². The maximum Gasteiger partial charge on any atom is 0.188 e. The minimum atomic E-state index is -0.312. The van der Waals surface area contributed by atoms with Crippen molar-refractivity contribution in [3.05, 3.63) is 42.6 Å². The number of halogens is 1. The van der Waals surface area contributed by atoms with Crippen LogP contribution in [0.15, 0.2) is 41.9 Å². The summed E-state index contributed by atoms with van der Waals surface area (Å²) in [6.07, 6.45) is 4.96. The molecule has 7 heteroatoms. The Hall–Kier alpha value is -2.28. The molecule has 0 aliphatic carbocycles. The third kappa shape index (κ3) is 2.53. The average Bonchev–Trinajstić information content (AvgIpc) is 2.47. The summed E-state index contributed by atoms with van der Waals surface area (Å²) >= 11 is 1.44. The van der Waals surface area contributed by atoms with Crippen LogP contribution in [0.1, 0.15) is 0 Å². The number of thioether (sulfide) groups is 1. The van der Waals surface area contributed by atoms with Crippen molar-refractivity contribution in [2.75, 3.05) is 11.6 Å². The van der Waals surface area contributed by atoms with Gasteiger partial charge in [0, 0.05) is 5.69 Å². The van der Waals surface area contributed by atoms with Gasteiger partial charge in [0.05, 0.1) is 6.20 Å². The van der Waals surface area contributed by atoms with E-state index in [2.05, 4.69) is 25.3 Å². The second kappa shape index (κ2) is 5.38. The molecule has 3 rings (SSSR count). The molecule has 100 valence electrons. The first kappa shape index (κ1) is 12.7. The fourth-order valence-corrected chi connectivity index (χ4v) is 2.07. The van der Waals surface area contributed by atoms with Crippen LogP contribution in [0.25, 0.3) is 11.0 Å². The summed E-state index contributed by atoms with van der Waals surface area (Å²) in [6, 6.07) is 6.17. The van der Waals surface area contributed by atoms with Crippen LogP contribution in [0.3, 0.4) is 0 Å². The molecule has 5 nitrogen and oxygen atoms in total. The van der Waals surface area contributed by atoms with Gasteiger partial charge in [-0.3, -0.25) is 0 Å². The van der Waals surface area contributed by atoms with Crippen molar-refractivity contribution < 1.29 is 4.39 Å². The van der Waals surface area contributed by atoms with Crippen molar-refractivity contribution in [3.63, 3.8) is 0 Å². The monoisotopic (exact) mass is 287 g/mol. The van der Waals surface area contributed by atoms with E-state index in [1.807, 2.05) is 6.26 Å². The number of nitrogens with one attached hydrogen (secondary N) is 1. The smallest absolute Gasteiger partial charge is 0.188 e. The van der Waals surface area contributed by atoms with Gasteiger partial charge >= 0.3 is 0 Å². The lowest BCUT2D eigenvalue weighted by Gasteiger charge is -2.07. The third-order valence-electron chi connectivity index (χ3n) is 2.63. The van der Waals surface area contributed by atoms with Crippen LogP contribution in [0.5, 0.6) is 0 Å². The Morgan fingerprint density at radius 3 is 2.90 bits per heavy atom. The summed E-state index contributed by atoms with van der Waals surface area (Å²) in [5.41, 5.74) is 1.85. The van der Waals surface area contributed by atoms with E-state index in [1.54, 1.807) is 18.3 Å². The number of nitrogens with zero attached hydrogens (tertiary/aromatic N) is 4. The average molecular weight is 287 g/mol. The zero-order chi connectivity index (χ0) is 13.9. The normalized spacial score (nSPS) is 10.7. The Bertz CT molecular complexity index is 765. The Morgan fingerprint density at radius 1 is 1.20 bits per heavy atom. The lowest BCUT2D eigenvalue weighted by Crippen LogP contribution is -1.99. The molecule has 0 saturated carbocycles. The van der Waals surface area contributed by atoms with E-state index in [1.165, 1.54) is 30.2 Å². The fourth-order valence-electron chi connectivity index (χ4n) is 1.73. The number of hydrogen-bond donors (Lipinski definition) is 1. The topological polar surface area (TPSA) is 63.6 Å². The van der Waals surface area contributed by atoms with Crippen molar-refractivity contribution >= 4 is 34.3 Å². The van der Waals surface area contributed by atoms with Crippen LogP contribution in [0.2, 0.25) is 0 Å². The Morgan fingerprint density at radius 2 is 2.10 bits per heavy atom. The van der Waals surface area contributed by atoms with Gasteiger partial charge in [-0.2, -0.15) is 0 Å². The molecule has 0 unspecified atom stereocenters. The number of hydrogen-bond acceptors (Lipinski definition) is 6. The highest BCUT2D eigenvalue weighted by atomic mass is 32.2. The first-order valence-electron chi connectivity index (χ1n) is 5.80. The van der Waals surface area contributed by atoms with E-state index < -0.39 is 0 Å². The molecule has 0 fully saturated rings. The molecule has 0 amide bonds. The van der Waals surface area contributed by atoms with Crippen LogP contribution < -0.4 is 5.32 Å². The lowest BCUT2D eigenvalue weighted by atomic mass is 10.3. The van der Waals surface area contributed by atoms with E-state index in [9.17, 15) is 4.39 Å². The first-order chi connectivity index (χ1) is 9.76. The highest BCUT2D eigenvalue weighted by Gasteiger charge is 2.08. The van der Waals surface area contributed by atoms with Crippen molar-refractivity contribution in [2.45, 2.75) is 5.16 Å². The standard InChI is InChI=1S/C13H10FN5S/c1-20-13-15-6-10-11(19-13)12(17-7-16-10)18-9-4-2-3-8(14)5-9/h2-7H,1H3,(H,16,17,18). The molecule has 0 radical (unpaired) electrons. The lowest BCUT2D eigenvalue weighted by molar-refractivity contribution is 0.628. The number of benzene rings is 1. The van der Waals surface area contributed by atoms with Crippen molar-refractivity contribution in [1.82, 2.24) is 19.9 Å². The van der Waals surface area contributed by atoms with E-state index in [4.69, 9.17) is 0 Å². The molecule has 2 aromatic heterocycles. The van der Waals surface area contributed by atoms with Gasteiger partial charge in [-0.15, -0.1) is 0 Å². The predicted octanol–water partition coefficient (Wildman–Crippen LogP) is 3.02. The molecule has 0 saturated heterocycles. The quantitative estimate of drug-likeness (QED) is 0.590. The maximum absolute atomic E-state index is 13.2. The third-order valence-corrected chi connectivity index (χ3v) is 3.19. The zero-order valence-corrected chi connectivity index (χ0v) is 11.4. The van der Waals surface area contributed by atoms with Gasteiger partial charge in [-0.05, 0) is 24.5 Å². The van der Waals surface area contributed by atoms with Crippen molar-refractivity contribution in [1.29, 1.82) is 0 Å². The summed E-state index contributed by atoms with van der Waals surface area (Å²) in [4.78, 5) is 16.8. The van der Waals surface area contributed by atoms with Crippen LogP contribution >= 0.6 is 11.8 Å². The minimum absolute atomic E-state index is 0.312. The fraction of sp³-hybridized carbons (Fsp3) is 0.0769. The van der Waals surface area contributed by atoms with E-state index in [0.29, 0.717) is 27.7 Å². The molecule has 1 N–H and O–H groups in total. The van der Waals surface area contributed by atoms with E-state index in [-0.39, 0.29) is 5.82 Å². The highest BCUT2D eigenvalue weighted by molar-refractivity contribution is 7.98. The molecular weight excluding hydrogens is 277 g/mol. The molecule has 0 aliphatic heterocycles. The summed E-state index contributed by atoms with van der Waals surface area (Å²) in [7, 11) is 0. The maximum atomic E-state index is 13.2. The molecule has 0 atom stereocenters. The molecule has 20 heavy (non-hydrogen) atoms. The predicted molar refractivity (Wildman–Crippen MR) is 76.6 cm³/mol. The largest absolute Gasteiger partial charge is 0.338 e. The van der Waals surface area contributed by atoms with E-state index in [0.717, 1.165) is 0 Å². The molecule has 0 bridgehead atoms. The summed E-state index contributed by atoms with van der Waals surface area (Å²) in [5.74, 6) is 0.214. The SMILES string of the molecule is CSc1ncc2ncnc(Nc3cccc(F)c3)c2n1. The summed E-state index contributed by atoms with van der Waals surface area (Å²) < 4.78 is 13.2. The van der Waals surface area contributed by atoms with Gasteiger partial charge < -0.3 is 5.32 Å². The van der Waals surface area contributed by atoms with Crippen LogP contribution in [-0.2, 0) is 0 Å². The molecule has 0 aliphatic rings. The van der Waals surface area contributed by atoms with Gasteiger partial charge in [0.2, 0.25) is 0 Å². The van der Waals surface area contributed by atoms with Crippen molar-refractivity contribution in [3.8, 4) is 0 Å². The van der Waals surface area contributed by atoms with Gasteiger partial charge in [0.15, 0.2) is 11.0 Å². The molecule has 0 spiro atoms. The van der Waals surface area contributed by atoms with E-state index >= 15 is 0 Å². The Labute approximate surface area is 118 Å². The Balaban J connectivity index is 2.06. The summed E-state index contributed by atoms with van der Waals surface area (Å²) in [6.45, 7) is 0. The van der Waals surface area contributed by atoms with Gasteiger partial charge in [-0.1, -0.05) is 17.8 Å². The van der Waals surface area contributed by atoms with Gasteiger partial charge in [-0.25, -0.2) is 24.3 Å². The number of anilines is 2. The molecule has 3 aromatic rings. The minimum Gasteiger partial charge on any atom is -0.338 e. The second-order valence-corrected chi connectivity index (χ2v) is 4.72. The zero-order valence-electron chi connectivity index (χ0n) is 10.5. The highest BCUT2D eigenvalue weighted by Crippen LogP contribution is 2.22. The van der Waals surface area contributed by atoms with Crippen LogP contribution in [-0.4, -0.2) is 26.2 Å². The number of aromatic nitrogens is 4. The van der Waals surface area contributed by atoms with Crippen LogP contribution in [0, 0.1) is 5.82 Å². The number of rotatable bonds is 3.